The molecule has 128 valence electrons. The number of aliphatic hydroxyl groups excluding tert-OH is 1. The van der Waals surface area contributed by atoms with Crippen LogP contribution in [-0.4, -0.2) is 33.9 Å². The molecule has 0 spiro atoms. The highest BCUT2D eigenvalue weighted by Gasteiger charge is 2.19. The molecule has 0 bridgehead atoms. The van der Waals surface area contributed by atoms with Gasteiger partial charge in [0.1, 0.15) is 0 Å². The number of aromatic nitrogens is 2. The zero-order valence-corrected chi connectivity index (χ0v) is 13.8. The molecule has 2 aromatic carbocycles. The SMILES string of the molecule is Cc1cccc(CC(CO)NC(=O)c2n[nH]c3ccccc3c2=O)c1. The van der Waals surface area contributed by atoms with E-state index in [0.717, 1.165) is 11.1 Å². The van der Waals surface area contributed by atoms with E-state index in [4.69, 9.17) is 0 Å². The number of hydrogen-bond acceptors (Lipinski definition) is 4. The van der Waals surface area contributed by atoms with Gasteiger partial charge in [-0.1, -0.05) is 42.0 Å². The third kappa shape index (κ3) is 3.75. The normalized spacial score (nSPS) is 12.1. The van der Waals surface area contributed by atoms with Crippen molar-refractivity contribution in [3.05, 3.63) is 75.6 Å². The average molecular weight is 337 g/mol. The van der Waals surface area contributed by atoms with Crippen LogP contribution in [0.15, 0.2) is 53.3 Å². The van der Waals surface area contributed by atoms with Crippen LogP contribution in [0.3, 0.4) is 0 Å². The summed E-state index contributed by atoms with van der Waals surface area (Å²) >= 11 is 0. The first-order valence-corrected chi connectivity index (χ1v) is 8.03. The Morgan fingerprint density at radius 3 is 2.80 bits per heavy atom. The van der Waals surface area contributed by atoms with Crippen LogP contribution in [0, 0.1) is 6.92 Å². The van der Waals surface area contributed by atoms with Gasteiger partial charge in [-0.3, -0.25) is 14.7 Å². The van der Waals surface area contributed by atoms with Crippen molar-refractivity contribution in [2.75, 3.05) is 6.61 Å². The summed E-state index contributed by atoms with van der Waals surface area (Å²) in [5, 5.41) is 19.3. The van der Waals surface area contributed by atoms with E-state index >= 15 is 0 Å². The van der Waals surface area contributed by atoms with E-state index in [9.17, 15) is 14.7 Å². The van der Waals surface area contributed by atoms with Gasteiger partial charge in [0.15, 0.2) is 5.69 Å². The largest absolute Gasteiger partial charge is 0.394 e. The molecule has 3 N–H and O–H groups in total. The minimum Gasteiger partial charge on any atom is -0.394 e. The van der Waals surface area contributed by atoms with Crippen molar-refractivity contribution in [1.82, 2.24) is 15.5 Å². The first-order chi connectivity index (χ1) is 12.1. The van der Waals surface area contributed by atoms with Crippen molar-refractivity contribution in [1.29, 1.82) is 0 Å². The zero-order chi connectivity index (χ0) is 17.8. The Balaban J connectivity index is 1.80. The van der Waals surface area contributed by atoms with Crippen molar-refractivity contribution in [3.63, 3.8) is 0 Å². The summed E-state index contributed by atoms with van der Waals surface area (Å²) in [4.78, 5) is 24.9. The molecule has 0 aliphatic heterocycles. The van der Waals surface area contributed by atoms with Crippen molar-refractivity contribution in [2.45, 2.75) is 19.4 Å². The number of rotatable bonds is 5. The lowest BCUT2D eigenvalue weighted by Crippen LogP contribution is -2.41. The molecular weight excluding hydrogens is 318 g/mol. The highest BCUT2D eigenvalue weighted by Crippen LogP contribution is 2.08. The molecule has 1 heterocycles. The molecule has 3 rings (SSSR count). The highest BCUT2D eigenvalue weighted by atomic mass is 16.3. The lowest BCUT2D eigenvalue weighted by Gasteiger charge is -2.16. The fourth-order valence-corrected chi connectivity index (χ4v) is 2.77. The number of nitrogens with zero attached hydrogens (tertiary/aromatic N) is 1. The number of aromatic amines is 1. The van der Waals surface area contributed by atoms with Crippen LogP contribution < -0.4 is 10.7 Å². The van der Waals surface area contributed by atoms with E-state index in [-0.39, 0.29) is 12.3 Å². The van der Waals surface area contributed by atoms with Crippen LogP contribution in [-0.2, 0) is 6.42 Å². The van der Waals surface area contributed by atoms with Crippen LogP contribution in [0.2, 0.25) is 0 Å². The molecule has 3 aromatic rings. The number of para-hydroxylation sites is 1. The van der Waals surface area contributed by atoms with Crippen LogP contribution >= 0.6 is 0 Å². The summed E-state index contributed by atoms with van der Waals surface area (Å²) in [6.45, 7) is 1.75. The zero-order valence-electron chi connectivity index (χ0n) is 13.8. The number of amides is 1. The predicted octanol–water partition coefficient (Wildman–Crippen LogP) is 1.56. The number of nitrogens with one attached hydrogen (secondary N) is 2. The molecular formula is C19H19N3O3. The van der Waals surface area contributed by atoms with Crippen molar-refractivity contribution >= 4 is 16.8 Å². The molecule has 0 fully saturated rings. The summed E-state index contributed by atoms with van der Waals surface area (Å²) in [7, 11) is 0. The Morgan fingerprint density at radius 1 is 1.24 bits per heavy atom. The van der Waals surface area contributed by atoms with Crippen LogP contribution in [0.4, 0.5) is 0 Å². The number of aliphatic hydroxyl groups is 1. The third-order valence-electron chi connectivity index (χ3n) is 4.01. The van der Waals surface area contributed by atoms with E-state index in [1.807, 2.05) is 31.2 Å². The fraction of sp³-hybridized carbons (Fsp3) is 0.211. The average Bonchev–Trinajstić information content (AvgIpc) is 2.61. The standard InChI is InChI=1S/C19H19N3O3/c1-12-5-4-6-13(9-12)10-14(11-23)20-19(25)17-18(24)15-7-2-3-8-16(15)21-22-17/h2-9,14,23H,10-11H2,1H3,(H,20,25)(H,21,24). The quantitative estimate of drug-likeness (QED) is 0.658. The molecule has 6 nitrogen and oxygen atoms in total. The first-order valence-electron chi connectivity index (χ1n) is 8.03. The molecule has 1 amide bonds. The van der Waals surface area contributed by atoms with Gasteiger partial charge in [-0.05, 0) is 31.0 Å². The first kappa shape index (κ1) is 16.9. The van der Waals surface area contributed by atoms with Gasteiger partial charge in [0, 0.05) is 5.39 Å². The van der Waals surface area contributed by atoms with Crippen LogP contribution in [0.1, 0.15) is 21.6 Å². The molecule has 0 radical (unpaired) electrons. The van der Waals surface area contributed by atoms with Crippen molar-refractivity contribution < 1.29 is 9.90 Å². The van der Waals surface area contributed by atoms with Crippen LogP contribution in [0.5, 0.6) is 0 Å². The van der Waals surface area contributed by atoms with E-state index in [1.165, 1.54) is 0 Å². The van der Waals surface area contributed by atoms with E-state index < -0.39 is 17.4 Å². The summed E-state index contributed by atoms with van der Waals surface area (Å²) in [5.41, 5.74) is 2.04. The summed E-state index contributed by atoms with van der Waals surface area (Å²) in [5.74, 6) is -0.598. The number of hydrogen-bond donors (Lipinski definition) is 3. The Kier molecular flexibility index (Phi) is 4.90. The van der Waals surface area contributed by atoms with Gasteiger partial charge < -0.3 is 10.4 Å². The Hall–Kier alpha value is -2.99. The van der Waals surface area contributed by atoms with Gasteiger partial charge in [0.25, 0.3) is 5.91 Å². The summed E-state index contributed by atoms with van der Waals surface area (Å²) in [6, 6.07) is 14.2. The van der Waals surface area contributed by atoms with Gasteiger partial charge in [-0.2, -0.15) is 5.10 Å². The molecule has 0 aliphatic rings. The van der Waals surface area contributed by atoms with Gasteiger partial charge in [-0.15, -0.1) is 0 Å². The maximum Gasteiger partial charge on any atom is 0.276 e. The predicted molar refractivity (Wildman–Crippen MR) is 95.6 cm³/mol. The van der Waals surface area contributed by atoms with Gasteiger partial charge >= 0.3 is 0 Å². The second-order valence-electron chi connectivity index (χ2n) is 5.99. The molecule has 0 aliphatic carbocycles. The van der Waals surface area contributed by atoms with E-state index in [0.29, 0.717) is 17.3 Å². The number of fused-ring (bicyclic) bond motifs is 1. The number of benzene rings is 2. The topological polar surface area (TPSA) is 95.1 Å². The second kappa shape index (κ2) is 7.27. The van der Waals surface area contributed by atoms with Crippen LogP contribution in [0.25, 0.3) is 10.9 Å². The van der Waals surface area contributed by atoms with Gasteiger partial charge in [-0.25, -0.2) is 0 Å². The lowest BCUT2D eigenvalue weighted by atomic mass is 10.0. The summed E-state index contributed by atoms with van der Waals surface area (Å²) in [6.07, 6.45) is 0.468. The smallest absolute Gasteiger partial charge is 0.276 e. The molecule has 1 unspecified atom stereocenters. The summed E-state index contributed by atoms with van der Waals surface area (Å²) < 4.78 is 0. The van der Waals surface area contributed by atoms with Gasteiger partial charge in [0.05, 0.1) is 18.2 Å². The lowest BCUT2D eigenvalue weighted by molar-refractivity contribution is 0.0909. The maximum absolute atomic E-state index is 12.4. The number of carbonyl (C=O) groups excluding carboxylic acids is 1. The fourth-order valence-electron chi connectivity index (χ4n) is 2.77. The second-order valence-corrected chi connectivity index (χ2v) is 5.99. The highest BCUT2D eigenvalue weighted by molar-refractivity contribution is 5.95. The minimum absolute atomic E-state index is 0.207. The van der Waals surface area contributed by atoms with Crippen molar-refractivity contribution in [2.24, 2.45) is 0 Å². The number of H-pyrrole nitrogens is 1. The molecule has 6 heteroatoms. The van der Waals surface area contributed by atoms with Gasteiger partial charge in [0.2, 0.25) is 5.43 Å². The van der Waals surface area contributed by atoms with E-state index in [2.05, 4.69) is 15.5 Å². The monoisotopic (exact) mass is 337 g/mol. The Labute approximate surface area is 144 Å². The molecule has 0 saturated carbocycles. The van der Waals surface area contributed by atoms with E-state index in [1.54, 1.807) is 24.3 Å². The Morgan fingerprint density at radius 2 is 2.04 bits per heavy atom. The molecule has 1 atom stereocenters. The molecule has 0 saturated heterocycles. The molecule has 1 aromatic heterocycles. The van der Waals surface area contributed by atoms with Crippen molar-refractivity contribution in [3.8, 4) is 0 Å². The number of carbonyl (C=O) groups is 1. The Bertz CT molecular complexity index is 965. The molecule has 25 heavy (non-hydrogen) atoms. The number of aryl methyl sites for hydroxylation is 1. The minimum atomic E-state index is -0.598. The maximum atomic E-state index is 12.4. The third-order valence-corrected chi connectivity index (χ3v) is 4.01.